The molecule has 0 aromatic heterocycles. The summed E-state index contributed by atoms with van der Waals surface area (Å²) in [5.41, 5.74) is 1.91. The van der Waals surface area contributed by atoms with Gasteiger partial charge in [-0.15, -0.1) is 0 Å². The first-order valence-corrected chi connectivity index (χ1v) is 5.09. The van der Waals surface area contributed by atoms with Crippen LogP contribution in [0.5, 0.6) is 0 Å². The maximum absolute atomic E-state index is 11.8. The minimum atomic E-state index is -4.76. The summed E-state index contributed by atoms with van der Waals surface area (Å²) in [5, 5.41) is 0.428. The zero-order valence-electron chi connectivity index (χ0n) is 8.14. The second-order valence-corrected chi connectivity index (χ2v) is 4.54. The van der Waals surface area contributed by atoms with Crippen molar-refractivity contribution in [1.82, 2.24) is 5.48 Å². The van der Waals surface area contributed by atoms with Crippen LogP contribution in [0.3, 0.4) is 0 Å². The van der Waals surface area contributed by atoms with Gasteiger partial charge >= 0.3 is 6.18 Å². The molecule has 0 fully saturated rings. The molecule has 3 nitrogen and oxygen atoms in total. The summed E-state index contributed by atoms with van der Waals surface area (Å²) in [4.78, 5) is 15.6. The summed E-state index contributed by atoms with van der Waals surface area (Å²) in [7, 11) is 0. The number of hydrogen-bond acceptors (Lipinski definition) is 4. The molecule has 1 N–H and O–H groups in total. The average molecular weight is 241 g/mol. The van der Waals surface area contributed by atoms with Gasteiger partial charge in [-0.3, -0.25) is 15.1 Å². The van der Waals surface area contributed by atoms with Gasteiger partial charge in [-0.1, -0.05) is 11.8 Å². The van der Waals surface area contributed by atoms with Crippen LogP contribution in [0, 0.1) is 0 Å². The highest BCUT2D eigenvalue weighted by molar-refractivity contribution is 8.03. The van der Waals surface area contributed by atoms with Crippen LogP contribution in [-0.2, 0) is 9.63 Å². The molecule has 0 aromatic rings. The maximum Gasteiger partial charge on any atom is 0.450 e. The zero-order valence-corrected chi connectivity index (χ0v) is 8.96. The Labute approximate surface area is 89.0 Å². The molecule has 86 valence electrons. The van der Waals surface area contributed by atoms with Crippen molar-refractivity contribution in [2.24, 2.45) is 0 Å². The van der Waals surface area contributed by atoms with Gasteiger partial charge in [0.2, 0.25) is 5.78 Å². The highest BCUT2D eigenvalue weighted by atomic mass is 32.2. The quantitative estimate of drug-likeness (QED) is 0.820. The van der Waals surface area contributed by atoms with Crippen LogP contribution >= 0.6 is 11.8 Å². The van der Waals surface area contributed by atoms with Gasteiger partial charge in [0, 0.05) is 0 Å². The van der Waals surface area contributed by atoms with E-state index in [2.05, 4.69) is 5.48 Å². The monoisotopic (exact) mass is 241 g/mol. The Hall–Kier alpha value is -0.690. The van der Waals surface area contributed by atoms with Gasteiger partial charge in [-0.05, 0) is 19.9 Å². The van der Waals surface area contributed by atoms with Gasteiger partial charge in [-0.25, -0.2) is 0 Å². The average Bonchev–Trinajstić information content (AvgIpc) is 2.39. The molecule has 0 bridgehead atoms. The molecule has 1 aliphatic rings. The molecular formula is C8H10F3NO2S. The Bertz CT molecular complexity index is 299. The lowest BCUT2D eigenvalue weighted by atomic mass is 10.1. The second-order valence-electron chi connectivity index (χ2n) is 3.53. The molecule has 1 heterocycles. The van der Waals surface area contributed by atoms with Gasteiger partial charge < -0.3 is 0 Å². The van der Waals surface area contributed by atoms with Crippen LogP contribution in [0.2, 0.25) is 0 Å². The molecule has 15 heavy (non-hydrogen) atoms. The summed E-state index contributed by atoms with van der Waals surface area (Å²) in [6.45, 7) is 3.50. The van der Waals surface area contributed by atoms with E-state index in [0.717, 1.165) is 11.8 Å². The Balaban J connectivity index is 2.43. The number of Topliss-reactive ketones (excluding diaryl/α,β-unsaturated/α-hetero) is 1. The van der Waals surface area contributed by atoms with Crippen LogP contribution in [-0.4, -0.2) is 23.3 Å². The van der Waals surface area contributed by atoms with Crippen LogP contribution < -0.4 is 5.48 Å². The minimum absolute atomic E-state index is 0.428. The van der Waals surface area contributed by atoms with Gasteiger partial charge in [0.05, 0.1) is 10.8 Å². The van der Waals surface area contributed by atoms with Crippen LogP contribution in [0.15, 0.2) is 11.1 Å². The Kier molecular flexibility index (Phi) is 3.34. The summed E-state index contributed by atoms with van der Waals surface area (Å²) >= 11 is 0.777. The maximum atomic E-state index is 11.8. The number of hydroxylamine groups is 1. The fourth-order valence-corrected chi connectivity index (χ4v) is 1.77. The Morgan fingerprint density at radius 3 is 2.60 bits per heavy atom. The summed E-state index contributed by atoms with van der Waals surface area (Å²) in [6, 6.07) is 0. The van der Waals surface area contributed by atoms with Crippen molar-refractivity contribution in [3.63, 3.8) is 0 Å². The first kappa shape index (κ1) is 12.4. The van der Waals surface area contributed by atoms with E-state index in [9.17, 15) is 18.0 Å². The van der Waals surface area contributed by atoms with E-state index >= 15 is 0 Å². The number of rotatable bonds is 3. The summed E-state index contributed by atoms with van der Waals surface area (Å²) in [6.07, 6.45) is -3.14. The van der Waals surface area contributed by atoms with Crippen molar-refractivity contribution in [2.75, 3.05) is 5.75 Å². The largest absolute Gasteiger partial charge is 0.450 e. The van der Waals surface area contributed by atoms with Crippen molar-refractivity contribution in [1.29, 1.82) is 0 Å². The van der Waals surface area contributed by atoms with Gasteiger partial charge in [0.15, 0.2) is 0 Å². The van der Waals surface area contributed by atoms with Gasteiger partial charge in [0.1, 0.15) is 5.60 Å². The summed E-state index contributed by atoms with van der Waals surface area (Å²) < 4.78 is 35.5. The molecule has 0 radical (unpaired) electrons. The number of carbonyl (C=O) groups excluding carboxylic acids is 1. The van der Waals surface area contributed by atoms with Gasteiger partial charge in [0.25, 0.3) is 0 Å². The van der Waals surface area contributed by atoms with Gasteiger partial charge in [-0.2, -0.15) is 13.2 Å². The second kappa shape index (κ2) is 4.05. The third-order valence-corrected chi connectivity index (χ3v) is 2.49. The third kappa shape index (κ3) is 3.75. The highest BCUT2D eigenvalue weighted by Gasteiger charge is 2.38. The smallest absolute Gasteiger partial charge is 0.289 e. The SMILES string of the molecule is CC1(C)C=C(SCC(=O)C(F)(F)F)NO1. The number of alkyl halides is 3. The highest BCUT2D eigenvalue weighted by Crippen LogP contribution is 2.27. The van der Waals surface area contributed by atoms with E-state index in [1.54, 1.807) is 19.9 Å². The number of ketones is 1. The minimum Gasteiger partial charge on any atom is -0.289 e. The lowest BCUT2D eigenvalue weighted by Gasteiger charge is -2.11. The van der Waals surface area contributed by atoms with Crippen molar-refractivity contribution < 1.29 is 22.8 Å². The molecule has 0 saturated heterocycles. The number of halogens is 3. The van der Waals surface area contributed by atoms with E-state index in [1.165, 1.54) is 0 Å². The Morgan fingerprint density at radius 1 is 1.60 bits per heavy atom. The van der Waals surface area contributed by atoms with E-state index in [0.29, 0.717) is 5.03 Å². The predicted octanol–water partition coefficient (Wildman–Crippen LogP) is 2.01. The van der Waals surface area contributed by atoms with Crippen LogP contribution in [0.25, 0.3) is 0 Å². The molecule has 1 rings (SSSR count). The van der Waals surface area contributed by atoms with E-state index in [-0.39, 0.29) is 0 Å². The fraction of sp³-hybridized carbons (Fsp3) is 0.625. The normalized spacial score (nSPS) is 19.7. The number of nitrogens with one attached hydrogen (secondary N) is 1. The fourth-order valence-electron chi connectivity index (χ4n) is 0.853. The number of carbonyl (C=O) groups is 1. The first-order valence-electron chi connectivity index (χ1n) is 4.10. The van der Waals surface area contributed by atoms with Crippen molar-refractivity contribution in [3.8, 4) is 0 Å². The topological polar surface area (TPSA) is 38.3 Å². The standard InChI is InChI=1S/C8H10F3NO2S/c1-7(2)3-6(12-14-7)15-4-5(13)8(9,10)11/h3,12H,4H2,1-2H3. The lowest BCUT2D eigenvalue weighted by Crippen LogP contribution is -2.25. The van der Waals surface area contributed by atoms with E-state index < -0.39 is 23.3 Å². The van der Waals surface area contributed by atoms with Crippen LogP contribution in [0.4, 0.5) is 13.2 Å². The van der Waals surface area contributed by atoms with Crippen molar-refractivity contribution in [2.45, 2.75) is 25.6 Å². The third-order valence-electron chi connectivity index (χ3n) is 1.57. The molecule has 0 saturated carbocycles. The lowest BCUT2D eigenvalue weighted by molar-refractivity contribution is -0.167. The van der Waals surface area contributed by atoms with Crippen LogP contribution in [0.1, 0.15) is 13.8 Å². The number of thioether (sulfide) groups is 1. The molecule has 0 unspecified atom stereocenters. The first-order chi connectivity index (χ1) is 6.71. The molecular weight excluding hydrogens is 231 g/mol. The number of hydrogen-bond donors (Lipinski definition) is 1. The summed E-state index contributed by atoms with van der Waals surface area (Å²) in [5.74, 6) is -2.39. The molecule has 0 amide bonds. The molecule has 7 heteroatoms. The van der Waals surface area contributed by atoms with Crippen molar-refractivity contribution in [3.05, 3.63) is 11.1 Å². The molecule has 0 aromatic carbocycles. The molecule has 1 aliphatic heterocycles. The van der Waals surface area contributed by atoms with E-state index in [1.807, 2.05) is 0 Å². The molecule has 0 atom stereocenters. The zero-order chi connectivity index (χ0) is 11.7. The van der Waals surface area contributed by atoms with Crippen molar-refractivity contribution >= 4 is 17.5 Å². The molecule has 0 spiro atoms. The Morgan fingerprint density at radius 2 is 2.20 bits per heavy atom. The van der Waals surface area contributed by atoms with E-state index in [4.69, 9.17) is 4.84 Å². The molecule has 0 aliphatic carbocycles. The predicted molar refractivity (Wildman–Crippen MR) is 49.9 cm³/mol.